The number of carbonyl (C=O) groups is 1. The van der Waals surface area contributed by atoms with Gasteiger partial charge in [0.05, 0.1) is 6.42 Å². The van der Waals surface area contributed by atoms with Crippen LogP contribution in [0.25, 0.3) is 0 Å². The molecule has 0 amide bonds. The fourth-order valence-electron chi connectivity index (χ4n) is 3.00. The predicted octanol–water partition coefficient (Wildman–Crippen LogP) is 3.59. The van der Waals surface area contributed by atoms with E-state index >= 15 is 0 Å². The summed E-state index contributed by atoms with van der Waals surface area (Å²) < 4.78 is 0. The van der Waals surface area contributed by atoms with Gasteiger partial charge in [0.15, 0.2) is 0 Å². The molecule has 2 atom stereocenters. The Bertz CT molecular complexity index is 460. The molecule has 116 valence electrons. The molecule has 1 saturated heterocycles. The maximum atomic E-state index is 11.1. The van der Waals surface area contributed by atoms with E-state index in [2.05, 4.69) is 43.0 Å². The number of carboxylic acid groups (broad SMARTS) is 1. The van der Waals surface area contributed by atoms with E-state index in [9.17, 15) is 4.79 Å². The van der Waals surface area contributed by atoms with E-state index < -0.39 is 5.97 Å². The Hall–Kier alpha value is -1.00. The second kappa shape index (κ2) is 7.85. The van der Waals surface area contributed by atoms with Gasteiger partial charge in [-0.3, -0.25) is 9.69 Å². The third-order valence-electron chi connectivity index (χ3n) is 4.18. The van der Waals surface area contributed by atoms with Crippen LogP contribution in [0.4, 0.5) is 0 Å². The van der Waals surface area contributed by atoms with E-state index in [0.29, 0.717) is 0 Å². The van der Waals surface area contributed by atoms with Crippen molar-refractivity contribution in [1.82, 2.24) is 4.90 Å². The molecule has 1 fully saturated rings. The zero-order valence-electron chi connectivity index (χ0n) is 12.9. The van der Waals surface area contributed by atoms with Crippen LogP contribution < -0.4 is 0 Å². The summed E-state index contributed by atoms with van der Waals surface area (Å²) in [6.07, 6.45) is 2.53. The number of nitrogens with zero attached hydrogens (tertiary/aromatic N) is 1. The van der Waals surface area contributed by atoms with Gasteiger partial charge in [-0.2, -0.15) is 11.8 Å². The number of aryl methyl sites for hydroxylation is 1. The zero-order valence-corrected chi connectivity index (χ0v) is 13.7. The lowest BCUT2D eigenvalue weighted by Gasteiger charge is -2.39. The zero-order chi connectivity index (χ0) is 15.2. The molecule has 1 aromatic carbocycles. The molecule has 0 bridgehead atoms. The third kappa shape index (κ3) is 4.48. The monoisotopic (exact) mass is 307 g/mol. The number of carboxylic acids is 1. The van der Waals surface area contributed by atoms with Crippen LogP contribution in [0.1, 0.15) is 43.9 Å². The van der Waals surface area contributed by atoms with Gasteiger partial charge >= 0.3 is 5.97 Å². The van der Waals surface area contributed by atoms with E-state index in [4.69, 9.17) is 5.11 Å². The SMILES string of the molecule is CCCc1ccc(C(C)N2CCSCC2CC(=O)O)cc1. The average molecular weight is 307 g/mol. The van der Waals surface area contributed by atoms with E-state index in [-0.39, 0.29) is 18.5 Å². The maximum absolute atomic E-state index is 11.1. The van der Waals surface area contributed by atoms with Gasteiger partial charge in [-0.1, -0.05) is 37.6 Å². The number of hydrogen-bond acceptors (Lipinski definition) is 3. The van der Waals surface area contributed by atoms with Crippen LogP contribution in [0.15, 0.2) is 24.3 Å². The lowest BCUT2D eigenvalue weighted by molar-refractivity contribution is -0.138. The normalized spacial score (nSPS) is 21.1. The number of thioether (sulfide) groups is 1. The minimum absolute atomic E-state index is 0.145. The highest BCUT2D eigenvalue weighted by molar-refractivity contribution is 7.99. The van der Waals surface area contributed by atoms with Crippen molar-refractivity contribution in [2.45, 2.75) is 45.2 Å². The Morgan fingerprint density at radius 1 is 1.43 bits per heavy atom. The molecule has 3 nitrogen and oxygen atoms in total. The van der Waals surface area contributed by atoms with E-state index in [1.54, 1.807) is 0 Å². The Balaban J connectivity index is 2.08. The van der Waals surface area contributed by atoms with Gasteiger partial charge in [-0.25, -0.2) is 0 Å². The second-order valence-corrected chi connectivity index (χ2v) is 6.88. The van der Waals surface area contributed by atoms with Crippen LogP contribution in [0.5, 0.6) is 0 Å². The highest BCUT2D eigenvalue weighted by atomic mass is 32.2. The average Bonchev–Trinajstić information content (AvgIpc) is 2.48. The molecule has 1 aromatic rings. The summed E-state index contributed by atoms with van der Waals surface area (Å²) in [5, 5.41) is 9.10. The predicted molar refractivity (Wildman–Crippen MR) is 88.9 cm³/mol. The molecule has 2 unspecified atom stereocenters. The molecule has 0 saturated carbocycles. The smallest absolute Gasteiger partial charge is 0.304 e. The summed E-state index contributed by atoms with van der Waals surface area (Å²) in [6, 6.07) is 9.25. The summed E-state index contributed by atoms with van der Waals surface area (Å²) in [5.74, 6) is 1.32. The molecule has 0 aliphatic carbocycles. The first-order valence-corrected chi connectivity index (χ1v) is 8.91. The Morgan fingerprint density at radius 2 is 2.14 bits per heavy atom. The van der Waals surface area contributed by atoms with Crippen molar-refractivity contribution in [3.8, 4) is 0 Å². The van der Waals surface area contributed by atoms with Gasteiger partial charge in [0, 0.05) is 30.1 Å². The van der Waals surface area contributed by atoms with Crippen LogP contribution in [0.3, 0.4) is 0 Å². The third-order valence-corrected chi connectivity index (χ3v) is 5.27. The van der Waals surface area contributed by atoms with Crippen LogP contribution in [0, 0.1) is 0 Å². The van der Waals surface area contributed by atoms with Crippen LogP contribution in [0.2, 0.25) is 0 Å². The second-order valence-electron chi connectivity index (χ2n) is 5.73. The quantitative estimate of drug-likeness (QED) is 0.872. The molecule has 1 aliphatic heterocycles. The van der Waals surface area contributed by atoms with Crippen molar-refractivity contribution in [2.75, 3.05) is 18.1 Å². The highest BCUT2D eigenvalue weighted by Crippen LogP contribution is 2.29. The van der Waals surface area contributed by atoms with E-state index in [1.807, 2.05) is 11.8 Å². The first-order chi connectivity index (χ1) is 10.1. The van der Waals surface area contributed by atoms with Gasteiger partial charge in [-0.15, -0.1) is 0 Å². The van der Waals surface area contributed by atoms with Crippen molar-refractivity contribution in [1.29, 1.82) is 0 Å². The summed E-state index contributed by atoms with van der Waals surface area (Å²) in [5.41, 5.74) is 2.67. The van der Waals surface area contributed by atoms with Crippen molar-refractivity contribution in [2.24, 2.45) is 0 Å². The molecule has 2 rings (SSSR count). The van der Waals surface area contributed by atoms with E-state index in [1.165, 1.54) is 17.5 Å². The first kappa shape index (κ1) is 16.4. The number of benzene rings is 1. The van der Waals surface area contributed by atoms with Gasteiger partial charge < -0.3 is 5.11 Å². The largest absolute Gasteiger partial charge is 0.481 e. The van der Waals surface area contributed by atoms with Crippen LogP contribution >= 0.6 is 11.8 Å². The Morgan fingerprint density at radius 3 is 2.76 bits per heavy atom. The molecule has 21 heavy (non-hydrogen) atoms. The Kier molecular flexibility index (Phi) is 6.12. The summed E-state index contributed by atoms with van der Waals surface area (Å²) in [4.78, 5) is 13.4. The van der Waals surface area contributed by atoms with Crippen molar-refractivity contribution >= 4 is 17.7 Å². The molecular weight excluding hydrogens is 282 g/mol. The van der Waals surface area contributed by atoms with Crippen molar-refractivity contribution in [3.05, 3.63) is 35.4 Å². The molecule has 1 N–H and O–H groups in total. The maximum Gasteiger partial charge on any atom is 0.304 e. The minimum Gasteiger partial charge on any atom is -0.481 e. The van der Waals surface area contributed by atoms with Gasteiger partial charge in [0.1, 0.15) is 0 Å². The molecule has 0 aromatic heterocycles. The number of hydrogen-bond donors (Lipinski definition) is 1. The van der Waals surface area contributed by atoms with Crippen molar-refractivity contribution < 1.29 is 9.90 Å². The fraction of sp³-hybridized carbons (Fsp3) is 0.588. The van der Waals surface area contributed by atoms with Gasteiger partial charge in [-0.05, 0) is 24.5 Å². The summed E-state index contributed by atoms with van der Waals surface area (Å²) in [6.45, 7) is 5.36. The van der Waals surface area contributed by atoms with E-state index in [0.717, 1.165) is 24.5 Å². The fourth-order valence-corrected chi connectivity index (χ4v) is 4.09. The van der Waals surface area contributed by atoms with Crippen LogP contribution in [-0.2, 0) is 11.2 Å². The number of aliphatic carboxylic acids is 1. The highest BCUT2D eigenvalue weighted by Gasteiger charge is 2.29. The number of rotatable bonds is 6. The van der Waals surface area contributed by atoms with Crippen LogP contribution in [-0.4, -0.2) is 40.1 Å². The van der Waals surface area contributed by atoms with Gasteiger partial charge in [0.25, 0.3) is 0 Å². The van der Waals surface area contributed by atoms with Gasteiger partial charge in [0.2, 0.25) is 0 Å². The van der Waals surface area contributed by atoms with Crippen molar-refractivity contribution in [3.63, 3.8) is 0 Å². The lowest BCUT2D eigenvalue weighted by Crippen LogP contribution is -2.44. The lowest BCUT2D eigenvalue weighted by atomic mass is 10.0. The molecule has 1 heterocycles. The molecule has 0 spiro atoms. The summed E-state index contributed by atoms with van der Waals surface area (Å²) >= 11 is 1.87. The summed E-state index contributed by atoms with van der Waals surface area (Å²) in [7, 11) is 0. The first-order valence-electron chi connectivity index (χ1n) is 7.76. The standard InChI is InChI=1S/C17H25NO2S/c1-3-4-14-5-7-15(8-6-14)13(2)18-9-10-21-12-16(18)11-17(19)20/h5-8,13,16H,3-4,9-12H2,1-2H3,(H,19,20). The topological polar surface area (TPSA) is 40.5 Å². The molecule has 0 radical (unpaired) electrons. The molecular formula is C17H25NO2S. The minimum atomic E-state index is -0.696. The molecule has 4 heteroatoms. The molecule has 1 aliphatic rings. The Labute approximate surface area is 131 Å².